The predicted molar refractivity (Wildman–Crippen MR) is 122 cm³/mol. The Morgan fingerprint density at radius 3 is 2.61 bits per heavy atom. The summed E-state index contributed by atoms with van der Waals surface area (Å²) in [6.07, 6.45) is 1.65. The second-order valence-corrected chi connectivity index (χ2v) is 7.88. The molecule has 0 radical (unpaired) electrons. The van der Waals surface area contributed by atoms with Gasteiger partial charge in [-0.2, -0.15) is 0 Å². The van der Waals surface area contributed by atoms with Crippen molar-refractivity contribution in [1.29, 1.82) is 0 Å². The van der Waals surface area contributed by atoms with Gasteiger partial charge in [0.1, 0.15) is 5.82 Å². The molecule has 9 heteroatoms. The van der Waals surface area contributed by atoms with E-state index >= 15 is 0 Å². The Balaban J connectivity index is 1.83. The lowest BCUT2D eigenvalue weighted by atomic mass is 10.1. The van der Waals surface area contributed by atoms with Gasteiger partial charge >= 0.3 is 5.97 Å². The summed E-state index contributed by atoms with van der Waals surface area (Å²) in [7, 11) is 0. The van der Waals surface area contributed by atoms with Crippen molar-refractivity contribution in [2.45, 2.75) is 13.8 Å². The molecule has 2 aromatic carbocycles. The molecule has 0 unspecified atom stereocenters. The highest BCUT2D eigenvalue weighted by molar-refractivity contribution is 8.27. The van der Waals surface area contributed by atoms with Crippen molar-refractivity contribution in [3.8, 4) is 11.5 Å². The van der Waals surface area contributed by atoms with Gasteiger partial charge in [0.25, 0.3) is 5.91 Å². The van der Waals surface area contributed by atoms with Gasteiger partial charge in [-0.25, -0.2) is 9.18 Å². The van der Waals surface area contributed by atoms with Crippen LogP contribution in [0.15, 0.2) is 47.4 Å². The van der Waals surface area contributed by atoms with Crippen molar-refractivity contribution in [3.05, 3.63) is 58.8 Å². The second kappa shape index (κ2) is 10.4. The van der Waals surface area contributed by atoms with Crippen LogP contribution in [-0.2, 0) is 14.3 Å². The summed E-state index contributed by atoms with van der Waals surface area (Å²) < 4.78 is 30.4. The summed E-state index contributed by atoms with van der Waals surface area (Å²) in [5.74, 6) is -0.607. The van der Waals surface area contributed by atoms with E-state index in [1.54, 1.807) is 43.3 Å². The maximum Gasteiger partial charge on any atom is 0.344 e. The molecule has 0 saturated carbocycles. The molecule has 162 valence electrons. The highest BCUT2D eigenvalue weighted by Gasteiger charge is 2.34. The summed E-state index contributed by atoms with van der Waals surface area (Å²) in [4.78, 5) is 25.9. The Kier molecular flexibility index (Phi) is 7.64. The summed E-state index contributed by atoms with van der Waals surface area (Å²) in [5.41, 5.74) is 0.784. The third-order valence-electron chi connectivity index (χ3n) is 4.10. The van der Waals surface area contributed by atoms with Gasteiger partial charge in [-0.05, 0) is 49.8 Å². The van der Waals surface area contributed by atoms with Crippen LogP contribution in [0.3, 0.4) is 0 Å². The second-order valence-electron chi connectivity index (χ2n) is 6.20. The first-order chi connectivity index (χ1) is 14.9. The van der Waals surface area contributed by atoms with Crippen LogP contribution in [0.25, 0.3) is 6.08 Å². The molecule has 0 atom stereocenters. The van der Waals surface area contributed by atoms with Crippen LogP contribution in [0.2, 0.25) is 0 Å². The monoisotopic (exact) mass is 461 g/mol. The standard InChI is InChI=1S/C22H20FNO5S2/c1-3-27-18-11-14(9-10-17(18)29-13-20(25)28-4-2)12-19-21(26)24(22(30)31-19)16-8-6-5-7-15(16)23/h5-12H,3-4,13H2,1-2H3/b19-12+. The lowest BCUT2D eigenvalue weighted by Gasteiger charge is -2.15. The van der Waals surface area contributed by atoms with Gasteiger partial charge in [-0.3, -0.25) is 9.69 Å². The van der Waals surface area contributed by atoms with E-state index in [1.165, 1.54) is 17.0 Å². The number of rotatable bonds is 8. The fourth-order valence-electron chi connectivity index (χ4n) is 2.80. The fraction of sp³-hybridized carbons (Fsp3) is 0.227. The smallest absolute Gasteiger partial charge is 0.344 e. The molecule has 1 aliphatic heterocycles. The molecule has 3 rings (SSSR count). The summed E-state index contributed by atoms with van der Waals surface area (Å²) in [6.45, 7) is 3.95. The maximum atomic E-state index is 14.2. The number of carbonyl (C=O) groups is 2. The number of thioether (sulfide) groups is 1. The Morgan fingerprint density at radius 2 is 1.90 bits per heavy atom. The number of hydrogen-bond donors (Lipinski definition) is 0. The van der Waals surface area contributed by atoms with E-state index in [0.29, 0.717) is 28.6 Å². The highest BCUT2D eigenvalue weighted by atomic mass is 32.2. The Morgan fingerprint density at radius 1 is 1.13 bits per heavy atom. The van der Waals surface area contributed by atoms with Crippen molar-refractivity contribution in [2.24, 2.45) is 0 Å². The van der Waals surface area contributed by atoms with Gasteiger partial charge in [-0.1, -0.05) is 42.2 Å². The average molecular weight is 462 g/mol. The Labute approximate surface area is 189 Å². The van der Waals surface area contributed by atoms with E-state index < -0.39 is 17.7 Å². The third-order valence-corrected chi connectivity index (χ3v) is 5.41. The van der Waals surface area contributed by atoms with Gasteiger partial charge in [0, 0.05) is 0 Å². The van der Waals surface area contributed by atoms with E-state index in [9.17, 15) is 14.0 Å². The minimum atomic E-state index is -0.526. The van der Waals surface area contributed by atoms with Crippen LogP contribution in [0, 0.1) is 5.82 Å². The van der Waals surface area contributed by atoms with Crippen LogP contribution in [-0.4, -0.2) is 36.0 Å². The largest absolute Gasteiger partial charge is 0.490 e. The van der Waals surface area contributed by atoms with Crippen molar-refractivity contribution in [1.82, 2.24) is 0 Å². The number of ether oxygens (including phenoxy) is 3. The number of thiocarbonyl (C=S) groups is 1. The molecule has 31 heavy (non-hydrogen) atoms. The summed E-state index contributed by atoms with van der Waals surface area (Å²) in [5, 5.41) is 0. The van der Waals surface area contributed by atoms with Crippen LogP contribution >= 0.6 is 24.0 Å². The molecule has 6 nitrogen and oxygen atoms in total. The maximum absolute atomic E-state index is 14.2. The molecule has 2 aromatic rings. The van der Waals surface area contributed by atoms with Gasteiger partial charge < -0.3 is 14.2 Å². The zero-order valence-corrected chi connectivity index (χ0v) is 18.6. The van der Waals surface area contributed by atoms with E-state index in [4.69, 9.17) is 26.4 Å². The number of benzene rings is 2. The van der Waals surface area contributed by atoms with Gasteiger partial charge in [0.15, 0.2) is 22.4 Å². The third kappa shape index (κ3) is 5.42. The van der Waals surface area contributed by atoms with Crippen LogP contribution < -0.4 is 14.4 Å². The van der Waals surface area contributed by atoms with Crippen LogP contribution in [0.1, 0.15) is 19.4 Å². The van der Waals surface area contributed by atoms with Crippen LogP contribution in [0.4, 0.5) is 10.1 Å². The molecule has 0 aromatic heterocycles. The number of para-hydroxylation sites is 1. The summed E-state index contributed by atoms with van der Waals surface area (Å²) in [6, 6.07) is 11.0. The first-order valence-electron chi connectivity index (χ1n) is 9.52. The van der Waals surface area contributed by atoms with Crippen LogP contribution in [0.5, 0.6) is 11.5 Å². The molecule has 1 fully saturated rings. The molecule has 0 N–H and O–H groups in total. The van der Waals surface area contributed by atoms with Crippen molar-refractivity contribution in [3.63, 3.8) is 0 Å². The average Bonchev–Trinajstić information content (AvgIpc) is 3.01. The number of amides is 1. The molecule has 0 aliphatic carbocycles. The zero-order valence-electron chi connectivity index (χ0n) is 16.9. The topological polar surface area (TPSA) is 65.1 Å². The SMILES string of the molecule is CCOC(=O)COc1ccc(/C=C2/SC(=S)N(c3ccccc3F)C2=O)cc1OCC. The minimum Gasteiger partial charge on any atom is -0.490 e. The quantitative estimate of drug-likeness (QED) is 0.324. The molecular weight excluding hydrogens is 441 g/mol. The highest BCUT2D eigenvalue weighted by Crippen LogP contribution is 2.38. The van der Waals surface area contributed by atoms with E-state index in [1.807, 2.05) is 6.92 Å². The molecule has 1 heterocycles. The van der Waals surface area contributed by atoms with E-state index in [-0.39, 0.29) is 23.2 Å². The molecule has 1 amide bonds. The molecular formula is C22H20FNO5S2. The van der Waals surface area contributed by atoms with E-state index in [2.05, 4.69) is 0 Å². The number of nitrogens with zero attached hydrogens (tertiary/aromatic N) is 1. The van der Waals surface area contributed by atoms with Gasteiger partial charge in [-0.15, -0.1) is 0 Å². The molecule has 1 saturated heterocycles. The molecule has 0 spiro atoms. The molecule has 0 bridgehead atoms. The minimum absolute atomic E-state index is 0.117. The van der Waals surface area contributed by atoms with Gasteiger partial charge in [0.2, 0.25) is 0 Å². The Hall–Kier alpha value is -2.91. The number of carbonyl (C=O) groups excluding carboxylic acids is 2. The zero-order chi connectivity index (χ0) is 22.4. The number of esters is 1. The normalized spacial score (nSPS) is 14.8. The Bertz CT molecular complexity index is 1040. The molecule has 1 aliphatic rings. The predicted octanol–water partition coefficient (Wildman–Crippen LogP) is 4.57. The van der Waals surface area contributed by atoms with E-state index in [0.717, 1.165) is 11.8 Å². The van der Waals surface area contributed by atoms with Crippen molar-refractivity contribution >= 4 is 51.9 Å². The first-order valence-corrected chi connectivity index (χ1v) is 10.7. The number of halogens is 1. The number of anilines is 1. The first kappa shape index (κ1) is 22.8. The number of hydrogen-bond acceptors (Lipinski definition) is 7. The van der Waals surface area contributed by atoms with Gasteiger partial charge in [0.05, 0.1) is 23.8 Å². The summed E-state index contributed by atoms with van der Waals surface area (Å²) >= 11 is 6.39. The lowest BCUT2D eigenvalue weighted by molar-refractivity contribution is -0.145. The fourth-order valence-corrected chi connectivity index (χ4v) is 4.09. The van der Waals surface area contributed by atoms with Crippen molar-refractivity contribution < 1.29 is 28.2 Å². The lowest BCUT2D eigenvalue weighted by Crippen LogP contribution is -2.28. The van der Waals surface area contributed by atoms with Crippen molar-refractivity contribution in [2.75, 3.05) is 24.7 Å².